The van der Waals surface area contributed by atoms with Gasteiger partial charge in [-0.1, -0.05) is 6.92 Å². The molecule has 1 rings (SSSR count). The lowest BCUT2D eigenvalue weighted by Gasteiger charge is -1.91. The molecule has 1 aliphatic carbocycles. The van der Waals surface area contributed by atoms with Gasteiger partial charge in [-0.2, -0.15) is 0 Å². The average Bonchev–Trinajstić information content (AvgIpc) is 2.42. The molecule has 2 N–H and O–H groups in total. The van der Waals surface area contributed by atoms with Gasteiger partial charge in [0.25, 0.3) is 0 Å². The van der Waals surface area contributed by atoms with Gasteiger partial charge in [-0.25, -0.2) is 0 Å². The van der Waals surface area contributed by atoms with Crippen LogP contribution < -0.4 is 5.73 Å². The van der Waals surface area contributed by atoms with Crippen LogP contribution in [0.5, 0.6) is 0 Å². The number of rotatable bonds is 3. The second-order valence-electron chi connectivity index (χ2n) is 2.90. The monoisotopic (exact) mass is 113 g/mol. The minimum absolute atomic E-state index is 0.878. The van der Waals surface area contributed by atoms with Gasteiger partial charge in [0, 0.05) is 0 Å². The van der Waals surface area contributed by atoms with Crippen molar-refractivity contribution < 1.29 is 0 Å². The molecule has 0 spiro atoms. The highest BCUT2D eigenvalue weighted by Gasteiger charge is 2.30. The van der Waals surface area contributed by atoms with Crippen molar-refractivity contribution in [2.24, 2.45) is 17.6 Å². The molecule has 8 heavy (non-hydrogen) atoms. The Morgan fingerprint density at radius 2 is 2.25 bits per heavy atom. The summed E-state index contributed by atoms with van der Waals surface area (Å²) in [6, 6.07) is 0. The summed E-state index contributed by atoms with van der Waals surface area (Å²) in [6.07, 6.45) is 4.06. The summed E-state index contributed by atoms with van der Waals surface area (Å²) in [7, 11) is 0. The summed E-state index contributed by atoms with van der Waals surface area (Å²) < 4.78 is 0. The van der Waals surface area contributed by atoms with E-state index in [1.54, 1.807) is 0 Å². The van der Waals surface area contributed by atoms with Crippen LogP contribution in [0.3, 0.4) is 0 Å². The van der Waals surface area contributed by atoms with Gasteiger partial charge in [0.2, 0.25) is 0 Å². The van der Waals surface area contributed by atoms with Crippen LogP contribution >= 0.6 is 0 Å². The molecule has 0 aromatic heterocycles. The molecule has 0 aromatic rings. The fourth-order valence-corrected chi connectivity index (χ4v) is 1.18. The first-order valence-corrected chi connectivity index (χ1v) is 3.54. The molecule has 0 radical (unpaired) electrons. The van der Waals surface area contributed by atoms with Gasteiger partial charge in [-0.3, -0.25) is 0 Å². The second kappa shape index (κ2) is 2.49. The second-order valence-corrected chi connectivity index (χ2v) is 2.90. The molecule has 0 aromatic carbocycles. The van der Waals surface area contributed by atoms with Crippen LogP contribution in [0.1, 0.15) is 26.2 Å². The van der Waals surface area contributed by atoms with Crippen molar-refractivity contribution in [1.29, 1.82) is 0 Å². The third-order valence-electron chi connectivity index (χ3n) is 2.06. The van der Waals surface area contributed by atoms with Crippen LogP contribution in [0.2, 0.25) is 0 Å². The van der Waals surface area contributed by atoms with Gasteiger partial charge in [-0.05, 0) is 37.6 Å². The van der Waals surface area contributed by atoms with Gasteiger partial charge < -0.3 is 5.73 Å². The largest absolute Gasteiger partial charge is 0.330 e. The maximum absolute atomic E-state index is 5.35. The minimum Gasteiger partial charge on any atom is -0.330 e. The number of nitrogens with two attached hydrogens (primary N) is 1. The molecule has 0 heterocycles. The molecule has 1 heteroatoms. The summed E-state index contributed by atoms with van der Waals surface area (Å²) in [5, 5.41) is 0. The highest BCUT2D eigenvalue weighted by Crippen LogP contribution is 2.40. The molecule has 0 bridgehead atoms. The summed E-state index contributed by atoms with van der Waals surface area (Å²) in [4.78, 5) is 0. The Bertz CT molecular complexity index is 70.8. The third kappa shape index (κ3) is 1.48. The SMILES string of the molecule is C[C@@H]1C[C@H]1CCCN. The Kier molecular flexibility index (Phi) is 1.90. The first-order chi connectivity index (χ1) is 3.84. The zero-order valence-corrected chi connectivity index (χ0v) is 5.56. The zero-order chi connectivity index (χ0) is 5.98. The van der Waals surface area contributed by atoms with Gasteiger partial charge in [0.1, 0.15) is 0 Å². The van der Waals surface area contributed by atoms with Crippen molar-refractivity contribution >= 4 is 0 Å². The molecular weight excluding hydrogens is 98.1 g/mol. The fraction of sp³-hybridized carbons (Fsp3) is 1.00. The highest BCUT2D eigenvalue weighted by atomic mass is 14.5. The van der Waals surface area contributed by atoms with E-state index in [9.17, 15) is 0 Å². The fourth-order valence-electron chi connectivity index (χ4n) is 1.18. The molecule has 1 fully saturated rings. The van der Waals surface area contributed by atoms with Crippen molar-refractivity contribution in [3.63, 3.8) is 0 Å². The number of hydrogen-bond acceptors (Lipinski definition) is 1. The van der Waals surface area contributed by atoms with Crippen LogP contribution in [-0.2, 0) is 0 Å². The van der Waals surface area contributed by atoms with Crippen LogP contribution in [0.25, 0.3) is 0 Å². The maximum Gasteiger partial charge on any atom is -0.00772 e. The molecule has 0 unspecified atom stereocenters. The Morgan fingerprint density at radius 1 is 1.62 bits per heavy atom. The number of hydrogen-bond donors (Lipinski definition) is 1. The molecule has 0 saturated heterocycles. The molecule has 1 aliphatic rings. The van der Waals surface area contributed by atoms with E-state index in [2.05, 4.69) is 6.92 Å². The molecule has 0 aliphatic heterocycles. The highest BCUT2D eigenvalue weighted by molar-refractivity contribution is 4.81. The first-order valence-electron chi connectivity index (χ1n) is 3.54. The topological polar surface area (TPSA) is 26.0 Å². The molecule has 2 atom stereocenters. The summed E-state index contributed by atoms with van der Waals surface area (Å²) in [6.45, 7) is 3.20. The van der Waals surface area contributed by atoms with Crippen molar-refractivity contribution in [3.05, 3.63) is 0 Å². The van der Waals surface area contributed by atoms with E-state index in [1.165, 1.54) is 19.3 Å². The van der Waals surface area contributed by atoms with Crippen LogP contribution in [-0.4, -0.2) is 6.54 Å². The summed E-state index contributed by atoms with van der Waals surface area (Å²) in [5.74, 6) is 2.06. The molecule has 0 amide bonds. The van der Waals surface area contributed by atoms with E-state index in [0.29, 0.717) is 0 Å². The van der Waals surface area contributed by atoms with Crippen LogP contribution in [0, 0.1) is 11.8 Å². The maximum atomic E-state index is 5.35. The molecular formula is C7H15N. The zero-order valence-electron chi connectivity index (χ0n) is 5.56. The Morgan fingerprint density at radius 3 is 2.62 bits per heavy atom. The van der Waals surface area contributed by atoms with E-state index in [4.69, 9.17) is 5.73 Å². The lowest BCUT2D eigenvalue weighted by atomic mass is 10.2. The molecule has 48 valence electrons. The van der Waals surface area contributed by atoms with E-state index in [0.717, 1.165) is 18.4 Å². The van der Waals surface area contributed by atoms with E-state index < -0.39 is 0 Å². The molecule has 1 saturated carbocycles. The van der Waals surface area contributed by atoms with E-state index >= 15 is 0 Å². The predicted molar refractivity (Wildman–Crippen MR) is 35.6 cm³/mol. The van der Waals surface area contributed by atoms with Crippen molar-refractivity contribution in [1.82, 2.24) is 0 Å². The minimum atomic E-state index is 0.878. The summed E-state index contributed by atoms with van der Waals surface area (Å²) >= 11 is 0. The Balaban J connectivity index is 1.89. The Hall–Kier alpha value is -0.0400. The van der Waals surface area contributed by atoms with Crippen molar-refractivity contribution in [2.45, 2.75) is 26.2 Å². The van der Waals surface area contributed by atoms with E-state index in [-0.39, 0.29) is 0 Å². The van der Waals surface area contributed by atoms with Crippen LogP contribution in [0.4, 0.5) is 0 Å². The lowest BCUT2D eigenvalue weighted by Crippen LogP contribution is -1.98. The Labute approximate surface area is 51.3 Å². The first kappa shape index (κ1) is 6.09. The summed E-state index contributed by atoms with van der Waals surface area (Å²) in [5.41, 5.74) is 5.35. The smallest absolute Gasteiger partial charge is 0.00772 e. The standard InChI is InChI=1S/C7H15N/c1-6-5-7(6)3-2-4-8/h6-7H,2-5,8H2,1H3/t6-,7-/m1/s1. The quantitative estimate of drug-likeness (QED) is 0.588. The molecule has 1 nitrogen and oxygen atoms in total. The van der Waals surface area contributed by atoms with Crippen LogP contribution in [0.15, 0.2) is 0 Å². The van der Waals surface area contributed by atoms with Crippen molar-refractivity contribution in [3.8, 4) is 0 Å². The van der Waals surface area contributed by atoms with Gasteiger partial charge >= 0.3 is 0 Å². The third-order valence-corrected chi connectivity index (χ3v) is 2.06. The average molecular weight is 113 g/mol. The van der Waals surface area contributed by atoms with Crippen molar-refractivity contribution in [2.75, 3.05) is 6.54 Å². The van der Waals surface area contributed by atoms with Gasteiger partial charge in [0.15, 0.2) is 0 Å². The normalized spacial score (nSPS) is 35.2. The van der Waals surface area contributed by atoms with E-state index in [1.807, 2.05) is 0 Å². The lowest BCUT2D eigenvalue weighted by molar-refractivity contribution is 0.636. The predicted octanol–water partition coefficient (Wildman–Crippen LogP) is 1.38. The van der Waals surface area contributed by atoms with Gasteiger partial charge in [-0.15, -0.1) is 0 Å². The van der Waals surface area contributed by atoms with Gasteiger partial charge in [0.05, 0.1) is 0 Å².